The van der Waals surface area contributed by atoms with Crippen LogP contribution in [0.25, 0.3) is 0 Å². The van der Waals surface area contributed by atoms with Gasteiger partial charge in [0.25, 0.3) is 0 Å². The lowest BCUT2D eigenvalue weighted by molar-refractivity contribution is -0.167. The molecule has 1 amide bonds. The normalized spacial score (nSPS) is 14.9. The molecule has 0 unspecified atom stereocenters. The fraction of sp³-hybridized carbons (Fsp3) is 0.273. The van der Waals surface area contributed by atoms with Crippen LogP contribution >= 0.6 is 0 Å². The fourth-order valence-corrected chi connectivity index (χ4v) is 1.47. The minimum atomic E-state index is -4.93. The molecule has 18 heavy (non-hydrogen) atoms. The maximum atomic E-state index is 12.2. The predicted octanol–water partition coefficient (Wildman–Crippen LogP) is 1.96. The van der Waals surface area contributed by atoms with E-state index in [1.807, 2.05) is 0 Å². The molecule has 0 radical (unpaired) electrons. The van der Waals surface area contributed by atoms with Gasteiger partial charge in [-0.2, -0.15) is 13.2 Å². The SMILES string of the molecule is O=C(Nc1ccccc1C1=NCCO1)C(F)(F)F. The van der Waals surface area contributed by atoms with E-state index in [0.29, 0.717) is 18.7 Å². The van der Waals surface area contributed by atoms with Crippen LogP contribution in [0.15, 0.2) is 29.3 Å². The molecule has 0 saturated carbocycles. The molecule has 1 heterocycles. The molecule has 0 fully saturated rings. The summed E-state index contributed by atoms with van der Waals surface area (Å²) in [7, 11) is 0. The highest BCUT2D eigenvalue weighted by molar-refractivity contribution is 6.05. The van der Waals surface area contributed by atoms with Crippen LogP contribution in [0.3, 0.4) is 0 Å². The van der Waals surface area contributed by atoms with E-state index < -0.39 is 12.1 Å². The molecule has 7 heteroatoms. The van der Waals surface area contributed by atoms with Crippen LogP contribution in [0.4, 0.5) is 18.9 Å². The molecule has 1 aromatic carbocycles. The average molecular weight is 258 g/mol. The van der Waals surface area contributed by atoms with Gasteiger partial charge in [-0.25, -0.2) is 4.99 Å². The third-order valence-corrected chi connectivity index (χ3v) is 2.25. The number of para-hydroxylation sites is 1. The largest absolute Gasteiger partial charge is 0.475 e. The summed E-state index contributed by atoms with van der Waals surface area (Å²) in [5.74, 6) is -1.78. The van der Waals surface area contributed by atoms with Crippen molar-refractivity contribution in [3.05, 3.63) is 29.8 Å². The predicted molar refractivity (Wildman–Crippen MR) is 58.5 cm³/mol. The quantitative estimate of drug-likeness (QED) is 0.881. The number of hydrogen-bond acceptors (Lipinski definition) is 3. The standard InChI is InChI=1S/C11H9F3N2O2/c12-11(13,14)10(17)16-8-4-2-1-3-7(8)9-15-5-6-18-9/h1-4H,5-6H2,(H,16,17). The molecule has 2 rings (SSSR count). The summed E-state index contributed by atoms with van der Waals surface area (Å²) in [6, 6.07) is 6.05. The lowest BCUT2D eigenvalue weighted by Gasteiger charge is -2.11. The molecule has 1 aliphatic heterocycles. The molecule has 4 nitrogen and oxygen atoms in total. The van der Waals surface area contributed by atoms with E-state index in [1.165, 1.54) is 18.2 Å². The summed E-state index contributed by atoms with van der Waals surface area (Å²) >= 11 is 0. The van der Waals surface area contributed by atoms with E-state index in [-0.39, 0.29) is 11.6 Å². The molecular formula is C11H9F3N2O2. The van der Waals surface area contributed by atoms with E-state index in [9.17, 15) is 18.0 Å². The number of nitrogens with one attached hydrogen (secondary N) is 1. The number of benzene rings is 1. The molecule has 0 atom stereocenters. The summed E-state index contributed by atoms with van der Waals surface area (Å²) in [5, 5.41) is 1.80. The zero-order chi connectivity index (χ0) is 13.2. The van der Waals surface area contributed by atoms with E-state index in [4.69, 9.17) is 4.74 Å². The van der Waals surface area contributed by atoms with Gasteiger partial charge in [0.05, 0.1) is 17.8 Å². The van der Waals surface area contributed by atoms with Crippen molar-refractivity contribution in [2.24, 2.45) is 4.99 Å². The van der Waals surface area contributed by atoms with Gasteiger partial charge < -0.3 is 10.1 Å². The minimum absolute atomic E-state index is 0.0282. The van der Waals surface area contributed by atoms with Crippen molar-refractivity contribution in [3.63, 3.8) is 0 Å². The molecule has 1 aromatic rings. The van der Waals surface area contributed by atoms with Crippen molar-refractivity contribution < 1.29 is 22.7 Å². The second-order valence-corrected chi connectivity index (χ2v) is 3.53. The van der Waals surface area contributed by atoms with Gasteiger partial charge in [-0.3, -0.25) is 4.79 Å². The molecule has 96 valence electrons. The lowest BCUT2D eigenvalue weighted by Crippen LogP contribution is -2.30. The van der Waals surface area contributed by atoms with Gasteiger partial charge in [-0.1, -0.05) is 12.1 Å². The number of ether oxygens (including phenoxy) is 1. The molecule has 0 bridgehead atoms. The van der Waals surface area contributed by atoms with Crippen molar-refractivity contribution in [1.82, 2.24) is 0 Å². The zero-order valence-corrected chi connectivity index (χ0v) is 9.12. The Labute approximate surface area is 100 Å². The zero-order valence-electron chi connectivity index (χ0n) is 9.12. The molecule has 1 aliphatic rings. The number of hydrogen-bond donors (Lipinski definition) is 1. The van der Waals surface area contributed by atoms with Crippen LogP contribution < -0.4 is 5.32 Å². The summed E-state index contributed by atoms with van der Waals surface area (Å²) in [6.07, 6.45) is -4.93. The summed E-state index contributed by atoms with van der Waals surface area (Å²) in [6.45, 7) is 0.841. The number of alkyl halides is 3. The van der Waals surface area contributed by atoms with Gasteiger partial charge in [0.15, 0.2) is 0 Å². The fourth-order valence-electron chi connectivity index (χ4n) is 1.47. The first-order valence-electron chi connectivity index (χ1n) is 5.13. The van der Waals surface area contributed by atoms with Gasteiger partial charge in [0, 0.05) is 0 Å². The van der Waals surface area contributed by atoms with E-state index >= 15 is 0 Å². The molecule has 1 N–H and O–H groups in total. The Kier molecular flexibility index (Phi) is 3.22. The second-order valence-electron chi connectivity index (χ2n) is 3.53. The Balaban J connectivity index is 2.26. The summed E-state index contributed by atoms with van der Waals surface area (Å²) < 4.78 is 41.7. The lowest BCUT2D eigenvalue weighted by atomic mass is 10.1. The number of halogens is 3. The van der Waals surface area contributed by atoms with Crippen LogP contribution in [0.1, 0.15) is 5.56 Å². The molecular weight excluding hydrogens is 249 g/mol. The molecule has 0 aliphatic carbocycles. The van der Waals surface area contributed by atoms with Gasteiger partial charge in [0.2, 0.25) is 5.90 Å². The van der Waals surface area contributed by atoms with Gasteiger partial charge in [0.1, 0.15) is 6.61 Å². The van der Waals surface area contributed by atoms with Crippen molar-refractivity contribution in [3.8, 4) is 0 Å². The van der Waals surface area contributed by atoms with Gasteiger partial charge >= 0.3 is 12.1 Å². The van der Waals surface area contributed by atoms with Crippen LogP contribution in [0.5, 0.6) is 0 Å². The highest BCUT2D eigenvalue weighted by Gasteiger charge is 2.39. The van der Waals surface area contributed by atoms with E-state index in [1.54, 1.807) is 11.4 Å². The van der Waals surface area contributed by atoms with Crippen molar-refractivity contribution in [2.45, 2.75) is 6.18 Å². The number of anilines is 1. The Morgan fingerprint density at radius 3 is 2.67 bits per heavy atom. The molecule has 0 spiro atoms. The maximum absolute atomic E-state index is 12.2. The van der Waals surface area contributed by atoms with E-state index in [0.717, 1.165) is 0 Å². The Bertz CT molecular complexity index is 497. The van der Waals surface area contributed by atoms with Crippen molar-refractivity contribution in [1.29, 1.82) is 0 Å². The summed E-state index contributed by atoms with van der Waals surface area (Å²) in [5.41, 5.74) is 0.369. The number of aliphatic imine (C=N–C) groups is 1. The van der Waals surface area contributed by atoms with Crippen LogP contribution in [-0.2, 0) is 9.53 Å². The third-order valence-electron chi connectivity index (χ3n) is 2.25. The Morgan fingerprint density at radius 1 is 1.33 bits per heavy atom. The molecule has 0 saturated heterocycles. The van der Waals surface area contributed by atoms with Gasteiger partial charge in [-0.15, -0.1) is 0 Å². The average Bonchev–Trinajstić information content (AvgIpc) is 2.82. The number of carbonyl (C=O) groups is 1. The maximum Gasteiger partial charge on any atom is 0.471 e. The van der Waals surface area contributed by atoms with Crippen LogP contribution in [-0.4, -0.2) is 31.1 Å². The monoisotopic (exact) mass is 258 g/mol. The van der Waals surface area contributed by atoms with Crippen LogP contribution in [0.2, 0.25) is 0 Å². The number of rotatable bonds is 2. The smallest absolute Gasteiger partial charge is 0.471 e. The number of amides is 1. The second kappa shape index (κ2) is 4.67. The topological polar surface area (TPSA) is 50.7 Å². The molecule has 0 aromatic heterocycles. The first-order valence-corrected chi connectivity index (χ1v) is 5.13. The highest BCUT2D eigenvalue weighted by atomic mass is 19.4. The van der Waals surface area contributed by atoms with Crippen molar-refractivity contribution in [2.75, 3.05) is 18.5 Å². The third kappa shape index (κ3) is 2.61. The van der Waals surface area contributed by atoms with Gasteiger partial charge in [-0.05, 0) is 12.1 Å². The first-order chi connectivity index (χ1) is 8.48. The minimum Gasteiger partial charge on any atom is -0.475 e. The summed E-state index contributed by atoms with van der Waals surface area (Å²) in [4.78, 5) is 14.9. The number of nitrogens with zero attached hydrogens (tertiary/aromatic N) is 1. The highest BCUT2D eigenvalue weighted by Crippen LogP contribution is 2.22. The number of carbonyl (C=O) groups excluding carboxylic acids is 1. The van der Waals surface area contributed by atoms with Crippen LogP contribution in [0, 0.1) is 0 Å². The Morgan fingerprint density at radius 2 is 2.06 bits per heavy atom. The first kappa shape index (κ1) is 12.4. The van der Waals surface area contributed by atoms with Crippen molar-refractivity contribution >= 4 is 17.5 Å². The Hall–Kier alpha value is -2.05. The van der Waals surface area contributed by atoms with E-state index in [2.05, 4.69) is 4.99 Å².